The topological polar surface area (TPSA) is 72.9 Å². The van der Waals surface area contributed by atoms with Crippen molar-refractivity contribution in [1.29, 1.82) is 0 Å². The maximum atomic E-state index is 12.3. The molecule has 7 heteroatoms. The van der Waals surface area contributed by atoms with Gasteiger partial charge in [0, 0.05) is 12.6 Å². The molecule has 2 rings (SSSR count). The fourth-order valence-corrected chi connectivity index (χ4v) is 4.42. The number of carbonyl (C=O) groups is 1. The lowest BCUT2D eigenvalue weighted by molar-refractivity contribution is -0.135. The lowest BCUT2D eigenvalue weighted by Crippen LogP contribution is -2.43. The summed E-state index contributed by atoms with van der Waals surface area (Å²) in [4.78, 5) is 13.9. The van der Waals surface area contributed by atoms with E-state index in [0.29, 0.717) is 25.3 Å². The van der Waals surface area contributed by atoms with E-state index in [2.05, 4.69) is 0 Å². The van der Waals surface area contributed by atoms with Crippen LogP contribution in [0.1, 0.15) is 20.3 Å². The number of amides is 1. The molecule has 1 aliphatic rings. The van der Waals surface area contributed by atoms with E-state index in [1.807, 2.05) is 13.8 Å². The van der Waals surface area contributed by atoms with Gasteiger partial charge in [0.1, 0.15) is 11.5 Å². The van der Waals surface area contributed by atoms with Gasteiger partial charge in [0.2, 0.25) is 0 Å². The Kier molecular flexibility index (Phi) is 5.87. The Labute approximate surface area is 137 Å². The monoisotopic (exact) mass is 341 g/mol. The van der Waals surface area contributed by atoms with Gasteiger partial charge in [-0.05, 0) is 44.5 Å². The van der Waals surface area contributed by atoms with Crippen LogP contribution in [0.25, 0.3) is 0 Å². The van der Waals surface area contributed by atoms with Crippen LogP contribution in [0.3, 0.4) is 0 Å². The zero-order valence-corrected chi connectivity index (χ0v) is 14.3. The SMILES string of the molecule is CCOc1ccc(OCC(=O)N(CC)C2CCS(=O)(=O)C2)cc1. The summed E-state index contributed by atoms with van der Waals surface area (Å²) in [7, 11) is -3.01. The fraction of sp³-hybridized carbons (Fsp3) is 0.562. The van der Waals surface area contributed by atoms with Gasteiger partial charge in [0.15, 0.2) is 16.4 Å². The van der Waals surface area contributed by atoms with Crippen molar-refractivity contribution in [2.75, 3.05) is 31.3 Å². The number of likely N-dealkylation sites (N-methyl/N-ethyl adjacent to an activating group) is 1. The number of rotatable bonds is 7. The molecular formula is C16H23NO5S. The standard InChI is InChI=1S/C16H23NO5S/c1-3-17(13-9-10-23(19,20)12-13)16(18)11-22-15-7-5-14(6-8-15)21-4-2/h5-8,13H,3-4,9-12H2,1-2H3. The zero-order valence-electron chi connectivity index (χ0n) is 13.5. The number of carbonyl (C=O) groups excluding carboxylic acids is 1. The maximum absolute atomic E-state index is 12.3. The van der Waals surface area contributed by atoms with Crippen molar-refractivity contribution >= 4 is 15.7 Å². The molecule has 1 aliphatic heterocycles. The predicted molar refractivity (Wildman–Crippen MR) is 87.6 cm³/mol. The highest BCUT2D eigenvalue weighted by Crippen LogP contribution is 2.20. The number of sulfone groups is 1. The van der Waals surface area contributed by atoms with Crippen LogP contribution >= 0.6 is 0 Å². The number of ether oxygens (including phenoxy) is 2. The van der Waals surface area contributed by atoms with Gasteiger partial charge in [0.05, 0.1) is 18.1 Å². The Morgan fingerprint density at radius 3 is 2.26 bits per heavy atom. The Hall–Kier alpha value is -1.76. The molecule has 128 valence electrons. The molecule has 0 spiro atoms. The Balaban J connectivity index is 1.89. The van der Waals surface area contributed by atoms with Crippen molar-refractivity contribution in [1.82, 2.24) is 4.90 Å². The van der Waals surface area contributed by atoms with Gasteiger partial charge in [-0.3, -0.25) is 4.79 Å². The van der Waals surface area contributed by atoms with Crippen LogP contribution in [0.5, 0.6) is 11.5 Å². The van der Waals surface area contributed by atoms with Gasteiger partial charge in [0.25, 0.3) is 5.91 Å². The lowest BCUT2D eigenvalue weighted by Gasteiger charge is -2.26. The predicted octanol–water partition coefficient (Wildman–Crippen LogP) is 1.50. The minimum Gasteiger partial charge on any atom is -0.494 e. The summed E-state index contributed by atoms with van der Waals surface area (Å²) in [5, 5.41) is 0. The van der Waals surface area contributed by atoms with E-state index in [0.717, 1.165) is 5.75 Å². The Bertz CT molecular complexity index is 626. The average molecular weight is 341 g/mol. The second-order valence-electron chi connectivity index (χ2n) is 5.43. The van der Waals surface area contributed by atoms with Crippen LogP contribution in [-0.4, -0.2) is 56.5 Å². The summed E-state index contributed by atoms with van der Waals surface area (Å²) in [5.41, 5.74) is 0. The van der Waals surface area contributed by atoms with Gasteiger partial charge < -0.3 is 14.4 Å². The molecule has 1 saturated heterocycles. The molecule has 1 atom stereocenters. The summed E-state index contributed by atoms with van der Waals surface area (Å²) in [6.07, 6.45) is 0.505. The van der Waals surface area contributed by atoms with Crippen molar-refractivity contribution in [2.24, 2.45) is 0 Å². The van der Waals surface area contributed by atoms with E-state index in [4.69, 9.17) is 9.47 Å². The number of hydrogen-bond acceptors (Lipinski definition) is 5. The van der Waals surface area contributed by atoms with E-state index in [1.54, 1.807) is 29.2 Å². The minimum absolute atomic E-state index is 0.0512. The quantitative estimate of drug-likeness (QED) is 0.751. The molecule has 6 nitrogen and oxygen atoms in total. The van der Waals surface area contributed by atoms with Crippen LogP contribution in [0, 0.1) is 0 Å². The first kappa shape index (κ1) is 17.6. The van der Waals surface area contributed by atoms with Gasteiger partial charge in [-0.2, -0.15) is 0 Å². The minimum atomic E-state index is -3.01. The van der Waals surface area contributed by atoms with Crippen LogP contribution in [-0.2, 0) is 14.6 Å². The van der Waals surface area contributed by atoms with Crippen LogP contribution in [0.4, 0.5) is 0 Å². The highest BCUT2D eigenvalue weighted by Gasteiger charge is 2.33. The first-order chi connectivity index (χ1) is 10.9. The number of nitrogens with zero attached hydrogens (tertiary/aromatic N) is 1. The summed E-state index contributed by atoms with van der Waals surface area (Å²) in [5.74, 6) is 1.34. The van der Waals surface area contributed by atoms with Crippen LogP contribution in [0.15, 0.2) is 24.3 Å². The normalized spacial score (nSPS) is 19.3. The Morgan fingerprint density at radius 1 is 1.17 bits per heavy atom. The highest BCUT2D eigenvalue weighted by atomic mass is 32.2. The largest absolute Gasteiger partial charge is 0.494 e. The summed E-state index contributed by atoms with van der Waals surface area (Å²) in [6, 6.07) is 6.82. The smallest absolute Gasteiger partial charge is 0.260 e. The van der Waals surface area contributed by atoms with E-state index in [9.17, 15) is 13.2 Å². The van der Waals surface area contributed by atoms with Crippen molar-refractivity contribution in [3.05, 3.63) is 24.3 Å². The third kappa shape index (κ3) is 4.86. The molecule has 0 N–H and O–H groups in total. The zero-order chi connectivity index (χ0) is 16.9. The van der Waals surface area contributed by atoms with Gasteiger partial charge in [-0.25, -0.2) is 8.42 Å². The van der Waals surface area contributed by atoms with Gasteiger partial charge in [-0.15, -0.1) is 0 Å². The van der Waals surface area contributed by atoms with Crippen molar-refractivity contribution in [2.45, 2.75) is 26.3 Å². The van der Waals surface area contributed by atoms with Gasteiger partial charge >= 0.3 is 0 Å². The molecule has 1 heterocycles. The van der Waals surface area contributed by atoms with E-state index < -0.39 is 9.84 Å². The maximum Gasteiger partial charge on any atom is 0.260 e. The Morgan fingerprint density at radius 2 is 1.78 bits per heavy atom. The molecule has 0 saturated carbocycles. The molecule has 0 aliphatic carbocycles. The number of benzene rings is 1. The third-order valence-electron chi connectivity index (χ3n) is 3.81. The summed E-state index contributed by atoms with van der Waals surface area (Å²) < 4.78 is 34.0. The molecular weight excluding hydrogens is 318 g/mol. The highest BCUT2D eigenvalue weighted by molar-refractivity contribution is 7.91. The molecule has 1 aromatic carbocycles. The van der Waals surface area contributed by atoms with Crippen LogP contribution < -0.4 is 9.47 Å². The summed E-state index contributed by atoms with van der Waals surface area (Å²) >= 11 is 0. The van der Waals surface area contributed by atoms with E-state index >= 15 is 0 Å². The van der Waals surface area contributed by atoms with E-state index in [1.165, 1.54) is 0 Å². The van der Waals surface area contributed by atoms with Crippen LogP contribution in [0.2, 0.25) is 0 Å². The fourth-order valence-electron chi connectivity index (χ4n) is 2.69. The lowest BCUT2D eigenvalue weighted by atomic mass is 10.2. The molecule has 1 fully saturated rings. The first-order valence-corrected chi connectivity index (χ1v) is 9.63. The second-order valence-corrected chi connectivity index (χ2v) is 7.66. The van der Waals surface area contributed by atoms with E-state index in [-0.39, 0.29) is 30.1 Å². The molecule has 0 bridgehead atoms. The molecule has 23 heavy (non-hydrogen) atoms. The number of hydrogen-bond donors (Lipinski definition) is 0. The summed E-state index contributed by atoms with van der Waals surface area (Å²) in [6.45, 7) is 4.73. The van der Waals surface area contributed by atoms with Crippen molar-refractivity contribution < 1.29 is 22.7 Å². The van der Waals surface area contributed by atoms with Gasteiger partial charge in [-0.1, -0.05) is 0 Å². The molecule has 1 aromatic rings. The third-order valence-corrected chi connectivity index (χ3v) is 5.56. The average Bonchev–Trinajstić information content (AvgIpc) is 2.87. The van der Waals surface area contributed by atoms with Crippen molar-refractivity contribution in [3.63, 3.8) is 0 Å². The molecule has 0 radical (unpaired) electrons. The molecule has 0 aromatic heterocycles. The second kappa shape index (κ2) is 7.68. The van der Waals surface area contributed by atoms with Crippen molar-refractivity contribution in [3.8, 4) is 11.5 Å². The first-order valence-electron chi connectivity index (χ1n) is 7.80. The molecule has 1 amide bonds. The molecule has 1 unspecified atom stereocenters.